The lowest BCUT2D eigenvalue weighted by molar-refractivity contribution is 0.252. The molecule has 0 saturated carbocycles. The summed E-state index contributed by atoms with van der Waals surface area (Å²) in [5, 5.41) is 3.47. The van der Waals surface area contributed by atoms with Crippen molar-refractivity contribution in [2.75, 3.05) is 13.1 Å². The molecule has 1 heteroatoms. The molecular weight excluding hydrogens is 158 g/mol. The highest BCUT2D eigenvalue weighted by molar-refractivity contribution is 4.74. The van der Waals surface area contributed by atoms with Gasteiger partial charge in [-0.3, -0.25) is 0 Å². The van der Waals surface area contributed by atoms with Crippen LogP contribution in [0.2, 0.25) is 0 Å². The van der Waals surface area contributed by atoms with Gasteiger partial charge in [-0.1, -0.05) is 46.0 Å². The van der Waals surface area contributed by atoms with Crippen molar-refractivity contribution in [3.05, 3.63) is 0 Å². The van der Waals surface area contributed by atoms with Crippen LogP contribution < -0.4 is 5.32 Å². The van der Waals surface area contributed by atoms with E-state index in [9.17, 15) is 0 Å². The second-order valence-electron chi connectivity index (χ2n) is 4.58. The highest BCUT2D eigenvalue weighted by Crippen LogP contribution is 2.24. The molecule has 0 spiro atoms. The Bertz CT molecular complexity index is 122. The fourth-order valence-corrected chi connectivity index (χ4v) is 2.33. The summed E-state index contributed by atoms with van der Waals surface area (Å²) < 4.78 is 0. The molecule has 2 unspecified atom stereocenters. The number of hydrogen-bond donors (Lipinski definition) is 1. The van der Waals surface area contributed by atoms with Gasteiger partial charge in [0.05, 0.1) is 0 Å². The third-order valence-corrected chi connectivity index (χ3v) is 3.39. The zero-order valence-electron chi connectivity index (χ0n) is 9.31. The zero-order valence-corrected chi connectivity index (χ0v) is 9.31. The fraction of sp³-hybridized carbons (Fsp3) is 1.00. The maximum atomic E-state index is 3.47. The van der Waals surface area contributed by atoms with Crippen molar-refractivity contribution in [2.24, 2.45) is 11.8 Å². The van der Waals surface area contributed by atoms with Crippen LogP contribution in [-0.2, 0) is 0 Å². The predicted molar refractivity (Wildman–Crippen MR) is 58.9 cm³/mol. The Morgan fingerprint density at radius 3 is 2.77 bits per heavy atom. The molecule has 1 heterocycles. The zero-order chi connectivity index (χ0) is 9.52. The Hall–Kier alpha value is -0.0400. The average Bonchev–Trinajstić information content (AvgIpc) is 2.15. The molecule has 1 aliphatic heterocycles. The fourth-order valence-electron chi connectivity index (χ4n) is 2.33. The van der Waals surface area contributed by atoms with Crippen molar-refractivity contribution in [3.8, 4) is 0 Å². The largest absolute Gasteiger partial charge is 0.316 e. The van der Waals surface area contributed by atoms with E-state index in [1.807, 2.05) is 0 Å². The lowest BCUT2D eigenvalue weighted by Gasteiger charge is -2.29. The van der Waals surface area contributed by atoms with Gasteiger partial charge in [0.2, 0.25) is 0 Å². The van der Waals surface area contributed by atoms with E-state index in [2.05, 4.69) is 19.2 Å². The predicted octanol–water partition coefficient (Wildman–Crippen LogP) is 3.20. The SMILES string of the molecule is CCCCCCC1CCNCC1C. The number of rotatable bonds is 5. The van der Waals surface area contributed by atoms with E-state index in [1.54, 1.807) is 0 Å². The maximum Gasteiger partial charge on any atom is -0.00205 e. The van der Waals surface area contributed by atoms with Gasteiger partial charge in [0, 0.05) is 0 Å². The first kappa shape index (κ1) is 11.0. The third kappa shape index (κ3) is 4.12. The van der Waals surface area contributed by atoms with Gasteiger partial charge in [-0.05, 0) is 31.3 Å². The lowest BCUT2D eigenvalue weighted by atomic mass is 9.84. The summed E-state index contributed by atoms with van der Waals surface area (Å²) in [6.07, 6.45) is 8.59. The second kappa shape index (κ2) is 6.42. The molecule has 1 N–H and O–H groups in total. The Morgan fingerprint density at radius 1 is 1.23 bits per heavy atom. The van der Waals surface area contributed by atoms with Crippen LogP contribution in [0.15, 0.2) is 0 Å². The van der Waals surface area contributed by atoms with Gasteiger partial charge < -0.3 is 5.32 Å². The summed E-state index contributed by atoms with van der Waals surface area (Å²) in [6, 6.07) is 0. The lowest BCUT2D eigenvalue weighted by Crippen LogP contribution is -2.34. The monoisotopic (exact) mass is 183 g/mol. The van der Waals surface area contributed by atoms with E-state index >= 15 is 0 Å². The highest BCUT2D eigenvalue weighted by atomic mass is 14.9. The maximum absolute atomic E-state index is 3.47. The van der Waals surface area contributed by atoms with Crippen LogP contribution in [0.3, 0.4) is 0 Å². The Morgan fingerprint density at radius 2 is 2.08 bits per heavy atom. The molecule has 0 bridgehead atoms. The quantitative estimate of drug-likeness (QED) is 0.645. The van der Waals surface area contributed by atoms with Crippen molar-refractivity contribution in [3.63, 3.8) is 0 Å². The van der Waals surface area contributed by atoms with Gasteiger partial charge in [-0.2, -0.15) is 0 Å². The van der Waals surface area contributed by atoms with Gasteiger partial charge >= 0.3 is 0 Å². The number of nitrogens with one attached hydrogen (secondary N) is 1. The molecule has 0 aromatic carbocycles. The molecule has 1 saturated heterocycles. The van der Waals surface area contributed by atoms with Crippen molar-refractivity contribution < 1.29 is 0 Å². The molecule has 2 atom stereocenters. The van der Waals surface area contributed by atoms with Gasteiger partial charge in [-0.15, -0.1) is 0 Å². The second-order valence-corrected chi connectivity index (χ2v) is 4.58. The van der Waals surface area contributed by atoms with E-state index in [1.165, 1.54) is 51.6 Å². The molecule has 1 fully saturated rings. The smallest absolute Gasteiger partial charge is 0.00205 e. The van der Waals surface area contributed by atoms with Gasteiger partial charge in [-0.25, -0.2) is 0 Å². The van der Waals surface area contributed by atoms with Crippen LogP contribution in [0.1, 0.15) is 52.4 Å². The standard InChI is InChI=1S/C12H25N/c1-3-4-5-6-7-12-8-9-13-10-11(12)2/h11-13H,3-10H2,1-2H3. The molecule has 78 valence electrons. The summed E-state index contributed by atoms with van der Waals surface area (Å²) in [5.41, 5.74) is 0. The Kier molecular flexibility index (Phi) is 5.45. The Balaban J connectivity index is 2.05. The van der Waals surface area contributed by atoms with Crippen molar-refractivity contribution in [1.29, 1.82) is 0 Å². The topological polar surface area (TPSA) is 12.0 Å². The Labute approximate surface area is 83.3 Å². The molecule has 1 aliphatic rings. The van der Waals surface area contributed by atoms with Crippen LogP contribution in [0, 0.1) is 11.8 Å². The molecule has 1 nitrogen and oxygen atoms in total. The highest BCUT2D eigenvalue weighted by Gasteiger charge is 2.19. The minimum absolute atomic E-state index is 0.912. The number of unbranched alkanes of at least 4 members (excludes halogenated alkanes) is 3. The summed E-state index contributed by atoms with van der Waals surface area (Å²) in [4.78, 5) is 0. The van der Waals surface area contributed by atoms with Gasteiger partial charge in [0.15, 0.2) is 0 Å². The third-order valence-electron chi connectivity index (χ3n) is 3.39. The molecule has 0 amide bonds. The van der Waals surface area contributed by atoms with Crippen molar-refractivity contribution in [2.45, 2.75) is 52.4 Å². The van der Waals surface area contributed by atoms with Crippen LogP contribution >= 0.6 is 0 Å². The average molecular weight is 183 g/mol. The van der Waals surface area contributed by atoms with E-state index in [0.717, 1.165) is 11.8 Å². The summed E-state index contributed by atoms with van der Waals surface area (Å²) in [5.74, 6) is 1.92. The summed E-state index contributed by atoms with van der Waals surface area (Å²) >= 11 is 0. The van der Waals surface area contributed by atoms with Crippen LogP contribution in [0.5, 0.6) is 0 Å². The normalized spacial score (nSPS) is 29.1. The molecule has 0 aromatic heterocycles. The van der Waals surface area contributed by atoms with E-state index in [4.69, 9.17) is 0 Å². The van der Waals surface area contributed by atoms with Crippen LogP contribution in [0.25, 0.3) is 0 Å². The molecular formula is C12H25N. The number of piperidine rings is 1. The summed E-state index contributed by atoms with van der Waals surface area (Å²) in [7, 11) is 0. The van der Waals surface area contributed by atoms with Crippen LogP contribution in [0.4, 0.5) is 0 Å². The van der Waals surface area contributed by atoms with Gasteiger partial charge in [0.25, 0.3) is 0 Å². The first-order chi connectivity index (χ1) is 6.34. The van der Waals surface area contributed by atoms with E-state index in [0.29, 0.717) is 0 Å². The minimum Gasteiger partial charge on any atom is -0.316 e. The molecule has 0 aliphatic carbocycles. The first-order valence-electron chi connectivity index (χ1n) is 6.05. The van der Waals surface area contributed by atoms with Gasteiger partial charge in [0.1, 0.15) is 0 Å². The molecule has 13 heavy (non-hydrogen) atoms. The van der Waals surface area contributed by atoms with E-state index in [-0.39, 0.29) is 0 Å². The molecule has 1 rings (SSSR count). The summed E-state index contributed by atoms with van der Waals surface area (Å²) in [6.45, 7) is 7.19. The van der Waals surface area contributed by atoms with E-state index < -0.39 is 0 Å². The number of hydrogen-bond acceptors (Lipinski definition) is 1. The van der Waals surface area contributed by atoms with Crippen LogP contribution in [-0.4, -0.2) is 13.1 Å². The molecule has 0 aromatic rings. The molecule has 0 radical (unpaired) electrons. The minimum atomic E-state index is 0.912. The first-order valence-corrected chi connectivity index (χ1v) is 6.05. The van der Waals surface area contributed by atoms with Crippen molar-refractivity contribution >= 4 is 0 Å². The van der Waals surface area contributed by atoms with Crippen molar-refractivity contribution in [1.82, 2.24) is 5.32 Å².